The van der Waals surface area contributed by atoms with Crippen molar-refractivity contribution in [1.82, 2.24) is 9.88 Å². The fourth-order valence-corrected chi connectivity index (χ4v) is 3.56. The summed E-state index contributed by atoms with van der Waals surface area (Å²) < 4.78 is 2.19. The number of carbonyl (C=O) groups is 1. The number of Topliss-reactive ketones (excluding diaryl/α,β-unsaturated/α-hetero) is 1. The number of rotatable bonds is 5. The fourth-order valence-electron chi connectivity index (χ4n) is 2.85. The van der Waals surface area contributed by atoms with E-state index in [2.05, 4.69) is 27.5 Å². The summed E-state index contributed by atoms with van der Waals surface area (Å²) in [4.78, 5) is 13.7. The summed E-state index contributed by atoms with van der Waals surface area (Å²) in [6.45, 7) is 2.09. The van der Waals surface area contributed by atoms with Gasteiger partial charge in [-0.3, -0.25) is 4.79 Å². The average Bonchev–Trinajstić information content (AvgIpc) is 3.17. The fraction of sp³-hybridized carbons (Fsp3) is 0.438. The summed E-state index contributed by atoms with van der Waals surface area (Å²) >= 11 is 1.73. The number of nitrogens with zero attached hydrogens (tertiary/aromatic N) is 1. The monoisotopic (exact) mass is 288 g/mol. The molecule has 3 rings (SSSR count). The van der Waals surface area contributed by atoms with Gasteiger partial charge in [0.2, 0.25) is 0 Å². The molecule has 0 saturated carbocycles. The number of aromatic nitrogens is 1. The van der Waals surface area contributed by atoms with Crippen molar-refractivity contribution in [3.63, 3.8) is 0 Å². The van der Waals surface area contributed by atoms with Gasteiger partial charge in [-0.05, 0) is 55.9 Å². The lowest BCUT2D eigenvalue weighted by Gasteiger charge is -2.25. The van der Waals surface area contributed by atoms with E-state index in [1.54, 1.807) is 11.3 Å². The summed E-state index contributed by atoms with van der Waals surface area (Å²) in [5, 5.41) is 5.44. The maximum absolute atomic E-state index is 12.4. The van der Waals surface area contributed by atoms with Crippen LogP contribution in [0.1, 0.15) is 40.7 Å². The molecule has 1 N–H and O–H groups in total. The van der Waals surface area contributed by atoms with Crippen molar-refractivity contribution in [2.45, 2.75) is 31.7 Å². The minimum absolute atomic E-state index is 0.266. The predicted molar refractivity (Wildman–Crippen MR) is 82.5 cm³/mol. The first-order valence-corrected chi connectivity index (χ1v) is 8.16. The Morgan fingerprint density at radius 3 is 2.90 bits per heavy atom. The number of ketones is 1. The highest BCUT2D eigenvalue weighted by Crippen LogP contribution is 2.22. The number of piperidine rings is 1. The van der Waals surface area contributed by atoms with E-state index in [0.29, 0.717) is 12.5 Å². The Balaban J connectivity index is 1.67. The van der Waals surface area contributed by atoms with Gasteiger partial charge in [0.15, 0.2) is 5.78 Å². The third kappa shape index (κ3) is 3.02. The molecule has 2 aromatic heterocycles. The maximum atomic E-state index is 12.4. The highest BCUT2D eigenvalue weighted by Gasteiger charge is 2.19. The van der Waals surface area contributed by atoms with Gasteiger partial charge in [-0.1, -0.05) is 6.07 Å². The summed E-state index contributed by atoms with van der Waals surface area (Å²) in [5.41, 5.74) is 0.883. The molecule has 20 heavy (non-hydrogen) atoms. The first-order chi connectivity index (χ1) is 9.84. The Labute approximate surface area is 123 Å². The molecule has 0 bridgehead atoms. The van der Waals surface area contributed by atoms with Crippen LogP contribution in [0.2, 0.25) is 0 Å². The zero-order valence-corrected chi connectivity index (χ0v) is 12.4. The molecular formula is C16H20N2OS. The minimum Gasteiger partial charge on any atom is -0.342 e. The molecule has 106 valence electrons. The van der Waals surface area contributed by atoms with E-state index in [1.165, 1.54) is 4.88 Å². The Morgan fingerprint density at radius 1 is 1.30 bits per heavy atom. The van der Waals surface area contributed by atoms with Crippen LogP contribution in [-0.4, -0.2) is 23.4 Å². The Morgan fingerprint density at radius 2 is 2.15 bits per heavy atom. The molecule has 2 aromatic rings. The smallest absolute Gasteiger partial charge is 0.179 e. The van der Waals surface area contributed by atoms with E-state index in [0.717, 1.165) is 38.0 Å². The number of thiophene rings is 1. The van der Waals surface area contributed by atoms with E-state index in [9.17, 15) is 4.79 Å². The molecule has 0 aromatic carbocycles. The molecular weight excluding hydrogens is 268 g/mol. The van der Waals surface area contributed by atoms with Crippen molar-refractivity contribution in [2.24, 2.45) is 0 Å². The quantitative estimate of drug-likeness (QED) is 0.857. The van der Waals surface area contributed by atoms with E-state index in [4.69, 9.17) is 0 Å². The predicted octanol–water partition coefficient (Wildman–Crippen LogP) is 3.29. The van der Waals surface area contributed by atoms with Crippen molar-refractivity contribution >= 4 is 17.1 Å². The van der Waals surface area contributed by atoms with Crippen LogP contribution < -0.4 is 5.32 Å². The van der Waals surface area contributed by atoms with Gasteiger partial charge in [0.25, 0.3) is 0 Å². The molecule has 1 aliphatic heterocycles. The molecule has 0 radical (unpaired) electrons. The third-order valence-corrected chi connectivity index (χ3v) is 4.88. The van der Waals surface area contributed by atoms with Crippen LogP contribution in [0.3, 0.4) is 0 Å². The molecule has 1 saturated heterocycles. The molecule has 1 fully saturated rings. The number of carbonyl (C=O) groups excluding carboxylic acids is 1. The van der Waals surface area contributed by atoms with Crippen molar-refractivity contribution in [2.75, 3.05) is 13.1 Å². The lowest BCUT2D eigenvalue weighted by Crippen LogP contribution is -2.30. The Hall–Kier alpha value is -1.39. The van der Waals surface area contributed by atoms with Gasteiger partial charge in [0, 0.05) is 23.5 Å². The third-order valence-electron chi connectivity index (χ3n) is 3.95. The van der Waals surface area contributed by atoms with Crippen molar-refractivity contribution in [3.05, 3.63) is 46.4 Å². The second kappa shape index (κ2) is 6.37. The van der Waals surface area contributed by atoms with Crippen molar-refractivity contribution in [3.8, 4) is 0 Å². The maximum Gasteiger partial charge on any atom is 0.179 e. The SMILES string of the molecule is O=C(CCc1cccs1)c1cccn1C1CCNCC1. The Bertz CT molecular complexity index is 553. The molecule has 4 heteroatoms. The van der Waals surface area contributed by atoms with Crippen LogP contribution in [0.25, 0.3) is 0 Å². The zero-order valence-electron chi connectivity index (χ0n) is 11.5. The van der Waals surface area contributed by atoms with E-state index >= 15 is 0 Å². The summed E-state index contributed by atoms with van der Waals surface area (Å²) in [6.07, 6.45) is 5.75. The van der Waals surface area contributed by atoms with Gasteiger partial charge in [-0.25, -0.2) is 0 Å². The molecule has 0 unspecified atom stereocenters. The van der Waals surface area contributed by atoms with Crippen LogP contribution in [0.4, 0.5) is 0 Å². The lowest BCUT2D eigenvalue weighted by atomic mass is 10.1. The summed E-state index contributed by atoms with van der Waals surface area (Å²) in [7, 11) is 0. The average molecular weight is 288 g/mol. The van der Waals surface area contributed by atoms with Gasteiger partial charge in [0.1, 0.15) is 0 Å². The second-order valence-electron chi connectivity index (χ2n) is 5.28. The van der Waals surface area contributed by atoms with Crippen LogP contribution in [0.15, 0.2) is 35.8 Å². The van der Waals surface area contributed by atoms with Crippen LogP contribution in [0, 0.1) is 0 Å². The number of nitrogens with one attached hydrogen (secondary N) is 1. The summed E-state index contributed by atoms with van der Waals surface area (Å²) in [5.74, 6) is 0.266. The number of aryl methyl sites for hydroxylation is 1. The highest BCUT2D eigenvalue weighted by molar-refractivity contribution is 7.09. The normalized spacial score (nSPS) is 16.4. The largest absolute Gasteiger partial charge is 0.342 e. The van der Waals surface area contributed by atoms with E-state index in [-0.39, 0.29) is 5.78 Å². The standard InChI is InChI=1S/C16H20N2OS/c19-16(6-5-14-3-2-12-20-14)15-4-1-11-18(15)13-7-9-17-10-8-13/h1-4,11-13,17H,5-10H2. The molecule has 0 spiro atoms. The van der Waals surface area contributed by atoms with E-state index < -0.39 is 0 Å². The number of hydrogen-bond acceptors (Lipinski definition) is 3. The molecule has 0 atom stereocenters. The molecule has 1 aliphatic rings. The van der Waals surface area contributed by atoms with Gasteiger partial charge in [0.05, 0.1) is 5.69 Å². The molecule has 3 nitrogen and oxygen atoms in total. The van der Waals surface area contributed by atoms with Crippen LogP contribution in [0.5, 0.6) is 0 Å². The first kappa shape index (κ1) is 13.6. The van der Waals surface area contributed by atoms with Gasteiger partial charge in [-0.15, -0.1) is 11.3 Å². The van der Waals surface area contributed by atoms with Crippen LogP contribution >= 0.6 is 11.3 Å². The number of hydrogen-bond donors (Lipinski definition) is 1. The second-order valence-corrected chi connectivity index (χ2v) is 6.32. The van der Waals surface area contributed by atoms with Crippen molar-refractivity contribution < 1.29 is 4.79 Å². The Kier molecular flexibility index (Phi) is 4.33. The molecule has 0 aliphatic carbocycles. The topological polar surface area (TPSA) is 34.0 Å². The minimum atomic E-state index is 0.266. The molecule has 3 heterocycles. The van der Waals surface area contributed by atoms with Crippen LogP contribution in [-0.2, 0) is 6.42 Å². The van der Waals surface area contributed by atoms with Gasteiger partial charge < -0.3 is 9.88 Å². The van der Waals surface area contributed by atoms with E-state index in [1.807, 2.05) is 18.2 Å². The zero-order chi connectivity index (χ0) is 13.8. The first-order valence-electron chi connectivity index (χ1n) is 7.28. The van der Waals surface area contributed by atoms with Crippen molar-refractivity contribution in [1.29, 1.82) is 0 Å². The molecule has 0 amide bonds. The van der Waals surface area contributed by atoms with Gasteiger partial charge >= 0.3 is 0 Å². The highest BCUT2D eigenvalue weighted by atomic mass is 32.1. The lowest BCUT2D eigenvalue weighted by molar-refractivity contribution is 0.0970. The van der Waals surface area contributed by atoms with Gasteiger partial charge in [-0.2, -0.15) is 0 Å². The summed E-state index contributed by atoms with van der Waals surface area (Å²) in [6, 6.07) is 8.59.